The molecule has 0 aliphatic carbocycles. The van der Waals surface area contributed by atoms with Crippen LogP contribution < -0.4 is 4.90 Å². The summed E-state index contributed by atoms with van der Waals surface area (Å²) in [5.41, 5.74) is 0.705. The van der Waals surface area contributed by atoms with Crippen molar-refractivity contribution in [2.75, 3.05) is 11.4 Å². The standard InChI is InChI=1S/C14H10BrCl2F2N3/c1-7(2)6-22(9-5-3-4-8(18)11(9)19)13-10(15)12(16)20-14(17)21-13/h3-5H,1,6H2,2H3. The summed E-state index contributed by atoms with van der Waals surface area (Å²) in [5, 5.41) is -0.0368. The second-order valence-electron chi connectivity index (χ2n) is 4.54. The average molecular weight is 409 g/mol. The van der Waals surface area contributed by atoms with Crippen LogP contribution in [-0.2, 0) is 0 Å². The lowest BCUT2D eigenvalue weighted by atomic mass is 10.2. The van der Waals surface area contributed by atoms with Gasteiger partial charge in [-0.05, 0) is 46.6 Å². The number of hydrogen-bond acceptors (Lipinski definition) is 3. The van der Waals surface area contributed by atoms with Gasteiger partial charge in [0.1, 0.15) is 5.15 Å². The maximum Gasteiger partial charge on any atom is 0.225 e. The molecule has 0 saturated carbocycles. The highest BCUT2D eigenvalue weighted by Gasteiger charge is 2.22. The molecule has 0 radical (unpaired) electrons. The minimum absolute atomic E-state index is 0.00506. The number of halogens is 5. The number of anilines is 2. The first-order valence-corrected chi connectivity index (χ1v) is 7.60. The van der Waals surface area contributed by atoms with Gasteiger partial charge in [0.2, 0.25) is 5.28 Å². The quantitative estimate of drug-likeness (QED) is 0.378. The first-order valence-electron chi connectivity index (χ1n) is 6.05. The highest BCUT2D eigenvalue weighted by atomic mass is 79.9. The number of aromatic nitrogens is 2. The Kier molecular flexibility index (Phi) is 5.36. The van der Waals surface area contributed by atoms with E-state index in [1.165, 1.54) is 17.0 Å². The van der Waals surface area contributed by atoms with Gasteiger partial charge in [0.05, 0.1) is 10.2 Å². The van der Waals surface area contributed by atoms with Gasteiger partial charge in [-0.25, -0.2) is 13.8 Å². The molecular weight excluding hydrogens is 399 g/mol. The van der Waals surface area contributed by atoms with Gasteiger partial charge in [-0.15, -0.1) is 0 Å². The van der Waals surface area contributed by atoms with Gasteiger partial charge in [-0.2, -0.15) is 4.98 Å². The van der Waals surface area contributed by atoms with Crippen LogP contribution in [0.15, 0.2) is 34.8 Å². The van der Waals surface area contributed by atoms with Crippen molar-refractivity contribution in [1.82, 2.24) is 9.97 Å². The summed E-state index contributed by atoms with van der Waals surface area (Å²) >= 11 is 15.0. The fourth-order valence-electron chi connectivity index (χ4n) is 1.81. The van der Waals surface area contributed by atoms with Crippen LogP contribution in [0.5, 0.6) is 0 Å². The Morgan fingerprint density at radius 3 is 2.64 bits per heavy atom. The molecule has 1 aromatic heterocycles. The van der Waals surface area contributed by atoms with Gasteiger partial charge in [0.15, 0.2) is 17.5 Å². The number of nitrogens with zero attached hydrogens (tertiary/aromatic N) is 3. The zero-order valence-electron chi connectivity index (χ0n) is 11.4. The molecule has 0 N–H and O–H groups in total. The third kappa shape index (κ3) is 3.56. The van der Waals surface area contributed by atoms with E-state index in [4.69, 9.17) is 23.2 Å². The van der Waals surface area contributed by atoms with Crippen LogP contribution in [0.2, 0.25) is 10.4 Å². The molecule has 0 bridgehead atoms. The molecule has 3 nitrogen and oxygen atoms in total. The van der Waals surface area contributed by atoms with Gasteiger partial charge >= 0.3 is 0 Å². The summed E-state index contributed by atoms with van der Waals surface area (Å²) in [6.45, 7) is 5.74. The van der Waals surface area contributed by atoms with E-state index in [-0.39, 0.29) is 28.5 Å². The lowest BCUT2D eigenvalue weighted by molar-refractivity contribution is 0.509. The van der Waals surface area contributed by atoms with E-state index in [1.54, 1.807) is 6.92 Å². The van der Waals surface area contributed by atoms with Crippen molar-refractivity contribution in [2.45, 2.75) is 6.92 Å². The predicted molar refractivity (Wildman–Crippen MR) is 87.9 cm³/mol. The molecule has 8 heteroatoms. The summed E-state index contributed by atoms with van der Waals surface area (Å²) in [6, 6.07) is 3.86. The molecule has 1 aromatic carbocycles. The molecule has 116 valence electrons. The SMILES string of the molecule is C=C(C)CN(c1cccc(F)c1F)c1nc(Cl)nc(Cl)c1Br. The molecular formula is C14H10BrCl2F2N3. The van der Waals surface area contributed by atoms with Gasteiger partial charge in [-0.1, -0.05) is 29.8 Å². The van der Waals surface area contributed by atoms with Crippen molar-refractivity contribution in [2.24, 2.45) is 0 Å². The van der Waals surface area contributed by atoms with Crippen molar-refractivity contribution >= 4 is 50.6 Å². The fourth-order valence-corrected chi connectivity index (χ4v) is 2.57. The second kappa shape index (κ2) is 6.89. The Labute approximate surface area is 144 Å². The maximum absolute atomic E-state index is 14.1. The smallest absolute Gasteiger partial charge is 0.225 e. The topological polar surface area (TPSA) is 29.0 Å². The minimum atomic E-state index is -0.999. The maximum atomic E-state index is 14.1. The van der Waals surface area contributed by atoms with Crippen LogP contribution in [0.4, 0.5) is 20.3 Å². The van der Waals surface area contributed by atoms with Gasteiger partial charge in [-0.3, -0.25) is 0 Å². The van der Waals surface area contributed by atoms with Crippen LogP contribution in [0, 0.1) is 11.6 Å². The molecule has 0 saturated heterocycles. The molecule has 0 atom stereocenters. The van der Waals surface area contributed by atoms with Crippen LogP contribution in [-0.4, -0.2) is 16.5 Å². The Hall–Kier alpha value is -1.24. The van der Waals surface area contributed by atoms with Gasteiger partial charge < -0.3 is 4.90 Å². The molecule has 0 amide bonds. The van der Waals surface area contributed by atoms with E-state index in [1.807, 2.05) is 0 Å². The lowest BCUT2D eigenvalue weighted by Gasteiger charge is -2.25. The molecule has 22 heavy (non-hydrogen) atoms. The van der Waals surface area contributed by atoms with Crippen LogP contribution in [0.3, 0.4) is 0 Å². The molecule has 2 aromatic rings. The van der Waals surface area contributed by atoms with Crippen LogP contribution in [0.25, 0.3) is 0 Å². The third-order valence-electron chi connectivity index (χ3n) is 2.67. The van der Waals surface area contributed by atoms with E-state index in [9.17, 15) is 8.78 Å². The Bertz CT molecular complexity index is 740. The van der Waals surface area contributed by atoms with Gasteiger partial charge in [0, 0.05) is 6.54 Å². The van der Waals surface area contributed by atoms with E-state index in [0.717, 1.165) is 6.07 Å². The Morgan fingerprint density at radius 2 is 2.00 bits per heavy atom. The average Bonchev–Trinajstić information content (AvgIpc) is 2.43. The highest BCUT2D eigenvalue weighted by molar-refractivity contribution is 9.10. The summed E-state index contributed by atoms with van der Waals surface area (Å²) in [7, 11) is 0. The van der Waals surface area contributed by atoms with Crippen molar-refractivity contribution in [3.05, 3.63) is 56.9 Å². The lowest BCUT2D eigenvalue weighted by Crippen LogP contribution is -2.22. The molecule has 0 aliphatic rings. The van der Waals surface area contributed by atoms with Crippen molar-refractivity contribution < 1.29 is 8.78 Å². The molecule has 2 rings (SSSR count). The van der Waals surface area contributed by atoms with Gasteiger partial charge in [0.25, 0.3) is 0 Å². The van der Waals surface area contributed by atoms with Crippen molar-refractivity contribution in [3.63, 3.8) is 0 Å². The number of hydrogen-bond donors (Lipinski definition) is 0. The normalized spacial score (nSPS) is 10.6. The summed E-state index contributed by atoms with van der Waals surface area (Å²) in [4.78, 5) is 9.26. The Balaban J connectivity index is 2.66. The first kappa shape index (κ1) is 17.1. The monoisotopic (exact) mass is 407 g/mol. The summed E-state index contributed by atoms with van der Waals surface area (Å²) in [6.07, 6.45) is 0. The molecule has 0 unspecified atom stereocenters. The van der Waals surface area contributed by atoms with E-state index in [0.29, 0.717) is 10.0 Å². The summed E-state index contributed by atoms with van der Waals surface area (Å²) < 4.78 is 28.0. The van der Waals surface area contributed by atoms with E-state index < -0.39 is 11.6 Å². The van der Waals surface area contributed by atoms with Crippen LogP contribution in [0.1, 0.15) is 6.92 Å². The number of rotatable bonds is 4. The molecule has 0 spiro atoms. The zero-order valence-corrected chi connectivity index (χ0v) is 14.5. The predicted octanol–water partition coefficient (Wildman–Crippen LogP) is 5.54. The fraction of sp³-hybridized carbons (Fsp3) is 0.143. The molecule has 0 fully saturated rings. The minimum Gasteiger partial charge on any atom is -0.318 e. The zero-order chi connectivity index (χ0) is 16.4. The first-order chi connectivity index (χ1) is 10.3. The van der Waals surface area contributed by atoms with E-state index >= 15 is 0 Å². The highest BCUT2D eigenvalue weighted by Crippen LogP contribution is 2.36. The number of benzene rings is 1. The second-order valence-corrected chi connectivity index (χ2v) is 6.03. The van der Waals surface area contributed by atoms with Crippen molar-refractivity contribution in [1.29, 1.82) is 0 Å². The molecule has 0 aliphatic heterocycles. The van der Waals surface area contributed by atoms with Crippen LogP contribution >= 0.6 is 39.1 Å². The largest absolute Gasteiger partial charge is 0.318 e. The molecule has 1 heterocycles. The Morgan fingerprint density at radius 1 is 1.32 bits per heavy atom. The van der Waals surface area contributed by atoms with Crippen molar-refractivity contribution in [3.8, 4) is 0 Å². The summed E-state index contributed by atoms with van der Waals surface area (Å²) in [5.74, 6) is -1.74. The van der Waals surface area contributed by atoms with E-state index in [2.05, 4.69) is 32.5 Å². The third-order valence-corrected chi connectivity index (χ3v) is 4.07.